The summed E-state index contributed by atoms with van der Waals surface area (Å²) >= 11 is 0. The third kappa shape index (κ3) is 3.62. The van der Waals surface area contributed by atoms with Gasteiger partial charge in [-0.05, 0) is 49.4 Å². The topological polar surface area (TPSA) is 123 Å². The van der Waals surface area contributed by atoms with E-state index in [1.165, 1.54) is 36.4 Å². The van der Waals surface area contributed by atoms with E-state index < -0.39 is 29.7 Å². The van der Waals surface area contributed by atoms with Gasteiger partial charge in [0.25, 0.3) is 11.8 Å². The number of carbonyl (C=O) groups is 2. The van der Waals surface area contributed by atoms with Crippen molar-refractivity contribution in [3.63, 3.8) is 0 Å². The van der Waals surface area contributed by atoms with E-state index in [0.717, 1.165) is 4.90 Å². The maximum atomic E-state index is 13.3. The van der Waals surface area contributed by atoms with Crippen molar-refractivity contribution in [2.24, 2.45) is 10.3 Å². The molecule has 0 spiro atoms. The zero-order chi connectivity index (χ0) is 23.8. The van der Waals surface area contributed by atoms with E-state index in [1.54, 1.807) is 18.2 Å². The zero-order valence-electron chi connectivity index (χ0n) is 18.2. The number of anilines is 1. The molecular weight excluding hydrogens is 447 g/mol. The minimum absolute atomic E-state index is 0.0257. The Morgan fingerprint density at radius 1 is 1.09 bits per heavy atom. The molecule has 34 heavy (non-hydrogen) atoms. The molecule has 1 saturated heterocycles. The van der Waals surface area contributed by atoms with Crippen molar-refractivity contribution in [2.45, 2.75) is 25.6 Å². The predicted octanol–water partition coefficient (Wildman–Crippen LogP) is 2.78. The number of aromatic nitrogens is 2. The van der Waals surface area contributed by atoms with Crippen LogP contribution in [0.2, 0.25) is 0 Å². The van der Waals surface area contributed by atoms with Crippen LogP contribution in [0.4, 0.5) is 10.1 Å². The molecule has 174 valence electrons. The average Bonchev–Trinajstić information content (AvgIpc) is 3.53. The fourth-order valence-electron chi connectivity index (χ4n) is 3.85. The van der Waals surface area contributed by atoms with Gasteiger partial charge in [-0.3, -0.25) is 14.6 Å². The number of carbonyl (C=O) groups excluding carboxylic acids is 2. The molecule has 2 amide bonds. The first-order chi connectivity index (χ1) is 16.5. The summed E-state index contributed by atoms with van der Waals surface area (Å²) in [6.07, 6.45) is 0. The first-order valence-electron chi connectivity index (χ1n) is 10.4. The Hall–Kier alpha value is -4.35. The van der Waals surface area contributed by atoms with E-state index in [9.17, 15) is 14.0 Å². The van der Waals surface area contributed by atoms with Gasteiger partial charge in [0.15, 0.2) is 23.6 Å². The van der Waals surface area contributed by atoms with Crippen LogP contribution >= 0.6 is 0 Å². The zero-order valence-corrected chi connectivity index (χ0v) is 18.2. The Labute approximate surface area is 192 Å². The highest BCUT2D eigenvalue weighted by molar-refractivity contribution is 6.25. The first kappa shape index (κ1) is 21.5. The Bertz CT molecular complexity index is 1280. The van der Waals surface area contributed by atoms with E-state index in [-0.39, 0.29) is 18.1 Å². The molecule has 5 rings (SSSR count). The minimum atomic E-state index is -0.990. The molecule has 0 saturated carbocycles. The molecule has 12 heteroatoms. The lowest BCUT2D eigenvalue weighted by Gasteiger charge is -2.19. The fourth-order valence-corrected chi connectivity index (χ4v) is 3.85. The average molecular weight is 466 g/mol. The fraction of sp³-hybridized carbons (Fsp3) is 0.273. The Morgan fingerprint density at radius 3 is 2.62 bits per heavy atom. The number of amides is 2. The molecule has 11 nitrogen and oxygen atoms in total. The molecule has 2 atom stereocenters. The summed E-state index contributed by atoms with van der Waals surface area (Å²) in [6, 6.07) is 8.40. The molecule has 0 N–H and O–H groups in total. The second kappa shape index (κ2) is 8.54. The van der Waals surface area contributed by atoms with Gasteiger partial charge >= 0.3 is 0 Å². The normalized spacial score (nSPS) is 19.1. The number of benzene rings is 2. The van der Waals surface area contributed by atoms with E-state index in [0.29, 0.717) is 29.5 Å². The highest BCUT2D eigenvalue weighted by Gasteiger charge is 2.55. The summed E-state index contributed by atoms with van der Waals surface area (Å²) in [6.45, 7) is 2.34. The SMILES string of the molecule is CCOc1ccc(-c2noc(CN3N=N[C@@H]4C(=O)N(c5ccc(F)cc5)C(=O)[C@H]43)n2)cc1OC. The molecule has 0 bridgehead atoms. The molecule has 3 heterocycles. The van der Waals surface area contributed by atoms with E-state index >= 15 is 0 Å². The van der Waals surface area contributed by atoms with Crippen molar-refractivity contribution in [3.8, 4) is 22.9 Å². The molecule has 0 radical (unpaired) electrons. The van der Waals surface area contributed by atoms with Crippen molar-refractivity contribution in [1.29, 1.82) is 0 Å². The highest BCUT2D eigenvalue weighted by atomic mass is 19.1. The Kier molecular flexibility index (Phi) is 5.40. The van der Waals surface area contributed by atoms with Crippen molar-refractivity contribution >= 4 is 17.5 Å². The van der Waals surface area contributed by atoms with Crippen molar-refractivity contribution < 1.29 is 28.0 Å². The summed E-state index contributed by atoms with van der Waals surface area (Å²) < 4.78 is 29.5. The van der Waals surface area contributed by atoms with Crippen LogP contribution in [-0.4, -0.2) is 52.8 Å². The van der Waals surface area contributed by atoms with Crippen LogP contribution in [0, 0.1) is 5.82 Å². The minimum Gasteiger partial charge on any atom is -0.493 e. The predicted molar refractivity (Wildman–Crippen MR) is 114 cm³/mol. The Morgan fingerprint density at radius 2 is 1.88 bits per heavy atom. The smallest absolute Gasteiger partial charge is 0.263 e. The highest BCUT2D eigenvalue weighted by Crippen LogP contribution is 2.34. The molecule has 0 aliphatic carbocycles. The van der Waals surface area contributed by atoms with Gasteiger partial charge in [-0.2, -0.15) is 10.1 Å². The second-order valence-corrected chi connectivity index (χ2v) is 7.49. The lowest BCUT2D eigenvalue weighted by molar-refractivity contribution is -0.123. The van der Waals surface area contributed by atoms with Gasteiger partial charge in [0, 0.05) is 5.56 Å². The maximum Gasteiger partial charge on any atom is 0.263 e. The number of hydrogen-bond acceptors (Lipinski definition) is 10. The molecule has 2 aliphatic rings. The van der Waals surface area contributed by atoms with Crippen molar-refractivity contribution in [3.05, 3.63) is 54.2 Å². The monoisotopic (exact) mass is 466 g/mol. The quantitative estimate of drug-likeness (QED) is 0.487. The number of ether oxygens (including phenoxy) is 2. The number of rotatable bonds is 7. The van der Waals surface area contributed by atoms with Crippen LogP contribution in [0.1, 0.15) is 12.8 Å². The molecule has 1 aromatic heterocycles. The molecule has 1 fully saturated rings. The number of fused-ring (bicyclic) bond motifs is 1. The lowest BCUT2D eigenvalue weighted by Crippen LogP contribution is -2.39. The van der Waals surface area contributed by atoms with Crippen LogP contribution in [0.5, 0.6) is 11.5 Å². The standard InChI is InChI=1S/C22H19FN6O5/c1-3-33-15-9-4-12(10-16(15)32-2)20-24-17(34-26-20)11-28-19-18(25-27-28)21(30)29(22(19)31)14-7-5-13(23)6-8-14/h4-10,18-19H,3,11H2,1-2H3/t18-,19-/m0/s1. The van der Waals surface area contributed by atoms with Gasteiger partial charge in [0.2, 0.25) is 11.7 Å². The summed E-state index contributed by atoms with van der Waals surface area (Å²) in [5.41, 5.74) is 0.913. The number of hydrogen-bond donors (Lipinski definition) is 0. The van der Waals surface area contributed by atoms with Crippen LogP contribution < -0.4 is 14.4 Å². The van der Waals surface area contributed by atoms with Gasteiger partial charge in [-0.15, -0.1) is 0 Å². The van der Waals surface area contributed by atoms with Gasteiger partial charge < -0.3 is 14.0 Å². The first-order valence-corrected chi connectivity index (χ1v) is 10.4. The number of imide groups is 1. The third-order valence-corrected chi connectivity index (χ3v) is 5.43. The number of methoxy groups -OCH3 is 1. The van der Waals surface area contributed by atoms with Crippen molar-refractivity contribution in [2.75, 3.05) is 18.6 Å². The van der Waals surface area contributed by atoms with Gasteiger partial charge in [-0.1, -0.05) is 10.4 Å². The summed E-state index contributed by atoms with van der Waals surface area (Å²) in [5.74, 6) is 0.104. The van der Waals surface area contributed by atoms with Crippen LogP contribution in [0.15, 0.2) is 57.3 Å². The summed E-state index contributed by atoms with van der Waals surface area (Å²) in [5, 5.41) is 13.3. The van der Waals surface area contributed by atoms with E-state index in [4.69, 9.17) is 14.0 Å². The second-order valence-electron chi connectivity index (χ2n) is 7.49. The molecular formula is C22H19FN6O5. The van der Waals surface area contributed by atoms with E-state index in [2.05, 4.69) is 20.5 Å². The Balaban J connectivity index is 1.34. The maximum absolute atomic E-state index is 13.3. The number of nitrogens with zero attached hydrogens (tertiary/aromatic N) is 6. The summed E-state index contributed by atoms with van der Waals surface area (Å²) in [7, 11) is 1.53. The van der Waals surface area contributed by atoms with Gasteiger partial charge in [-0.25, -0.2) is 9.29 Å². The van der Waals surface area contributed by atoms with Gasteiger partial charge in [0.1, 0.15) is 12.4 Å². The lowest BCUT2D eigenvalue weighted by atomic mass is 10.1. The van der Waals surface area contributed by atoms with Crippen molar-refractivity contribution in [1.82, 2.24) is 15.1 Å². The summed E-state index contributed by atoms with van der Waals surface area (Å²) in [4.78, 5) is 31.1. The van der Waals surface area contributed by atoms with Crippen LogP contribution in [0.25, 0.3) is 11.4 Å². The largest absolute Gasteiger partial charge is 0.493 e. The molecule has 3 aromatic rings. The molecule has 2 aliphatic heterocycles. The van der Waals surface area contributed by atoms with Gasteiger partial charge in [0.05, 0.1) is 19.4 Å². The third-order valence-electron chi connectivity index (χ3n) is 5.43. The van der Waals surface area contributed by atoms with Crippen LogP contribution in [-0.2, 0) is 16.1 Å². The number of halogens is 1. The molecule has 0 unspecified atom stereocenters. The molecule has 2 aromatic carbocycles. The van der Waals surface area contributed by atoms with Crippen LogP contribution in [0.3, 0.4) is 0 Å². The van der Waals surface area contributed by atoms with E-state index in [1.807, 2.05) is 6.92 Å².